The van der Waals surface area contributed by atoms with Crippen molar-refractivity contribution in [3.05, 3.63) is 29.1 Å². The van der Waals surface area contributed by atoms with Crippen LogP contribution >= 0.6 is 0 Å². The Kier molecular flexibility index (Phi) is 5.06. The van der Waals surface area contributed by atoms with Crippen molar-refractivity contribution in [2.24, 2.45) is 11.7 Å². The maximum atomic E-state index is 12.2. The van der Waals surface area contributed by atoms with E-state index in [1.54, 1.807) is 11.0 Å². The van der Waals surface area contributed by atoms with Crippen LogP contribution in [0.2, 0.25) is 0 Å². The maximum Gasteiger partial charge on any atom is 0.246 e. The molecule has 1 saturated heterocycles. The summed E-state index contributed by atoms with van der Waals surface area (Å²) in [6.07, 6.45) is 5.22. The fourth-order valence-corrected chi connectivity index (χ4v) is 3.02. The number of carbonyl (C=O) groups is 2. The standard InChI is InChI=1S/C17H25N3O2/c1-4-8-20-12(2)10-14(13(20)3)5-6-16(21)19-9-7-15(11-19)17(18)22/h5-6,10,15H,4,7-9,11H2,1-3H3,(H2,18,22)/b6-5-/t15-/m1/s1. The molecule has 0 unspecified atom stereocenters. The number of nitrogens with zero attached hydrogens (tertiary/aromatic N) is 2. The molecular weight excluding hydrogens is 278 g/mol. The van der Waals surface area contributed by atoms with E-state index in [1.165, 1.54) is 11.4 Å². The molecule has 0 saturated carbocycles. The summed E-state index contributed by atoms with van der Waals surface area (Å²) in [6, 6.07) is 2.10. The number of nitrogens with two attached hydrogens (primary N) is 1. The monoisotopic (exact) mass is 303 g/mol. The third-order valence-electron chi connectivity index (χ3n) is 4.37. The number of primary amides is 1. The Hall–Kier alpha value is -2.04. The van der Waals surface area contributed by atoms with Crippen LogP contribution in [0.5, 0.6) is 0 Å². The molecule has 0 aromatic carbocycles. The van der Waals surface area contributed by atoms with Crippen molar-refractivity contribution in [2.75, 3.05) is 13.1 Å². The molecule has 5 heteroatoms. The molecule has 1 atom stereocenters. The number of amides is 2. The molecule has 2 heterocycles. The largest absolute Gasteiger partial charge is 0.369 e. The van der Waals surface area contributed by atoms with Gasteiger partial charge in [-0.3, -0.25) is 9.59 Å². The zero-order valence-electron chi connectivity index (χ0n) is 13.6. The van der Waals surface area contributed by atoms with Crippen molar-refractivity contribution < 1.29 is 9.59 Å². The van der Waals surface area contributed by atoms with E-state index in [-0.39, 0.29) is 17.7 Å². The number of hydrogen-bond acceptors (Lipinski definition) is 2. The van der Waals surface area contributed by atoms with Gasteiger partial charge in [-0.2, -0.15) is 0 Å². The average molecular weight is 303 g/mol. The molecular formula is C17H25N3O2. The van der Waals surface area contributed by atoms with Crippen molar-refractivity contribution in [3.63, 3.8) is 0 Å². The molecule has 1 aromatic heterocycles. The number of hydrogen-bond donors (Lipinski definition) is 1. The zero-order chi connectivity index (χ0) is 16.3. The van der Waals surface area contributed by atoms with Crippen molar-refractivity contribution in [1.29, 1.82) is 0 Å². The summed E-state index contributed by atoms with van der Waals surface area (Å²) in [6.45, 7) is 8.34. The molecule has 2 amide bonds. The summed E-state index contributed by atoms with van der Waals surface area (Å²) >= 11 is 0. The van der Waals surface area contributed by atoms with Gasteiger partial charge in [-0.05, 0) is 44.4 Å². The summed E-state index contributed by atoms with van der Waals surface area (Å²) in [5, 5.41) is 0. The maximum absolute atomic E-state index is 12.2. The van der Waals surface area contributed by atoms with Crippen LogP contribution in [0, 0.1) is 19.8 Å². The van der Waals surface area contributed by atoms with Gasteiger partial charge in [0.1, 0.15) is 0 Å². The smallest absolute Gasteiger partial charge is 0.246 e. The fourth-order valence-electron chi connectivity index (χ4n) is 3.02. The highest BCUT2D eigenvalue weighted by Crippen LogP contribution is 2.19. The lowest BCUT2D eigenvalue weighted by Crippen LogP contribution is -2.30. The molecule has 22 heavy (non-hydrogen) atoms. The van der Waals surface area contributed by atoms with E-state index in [0.717, 1.165) is 18.5 Å². The predicted molar refractivity (Wildman–Crippen MR) is 87.1 cm³/mol. The van der Waals surface area contributed by atoms with Gasteiger partial charge in [-0.1, -0.05) is 6.92 Å². The second-order valence-corrected chi connectivity index (χ2v) is 5.98. The minimum absolute atomic E-state index is 0.0518. The first-order valence-corrected chi connectivity index (χ1v) is 7.87. The van der Waals surface area contributed by atoms with Gasteiger partial charge in [0.2, 0.25) is 11.8 Å². The van der Waals surface area contributed by atoms with Crippen LogP contribution in [0.1, 0.15) is 36.7 Å². The molecule has 1 aromatic rings. The first kappa shape index (κ1) is 16.3. The van der Waals surface area contributed by atoms with Crippen molar-refractivity contribution in [1.82, 2.24) is 9.47 Å². The molecule has 1 fully saturated rings. The topological polar surface area (TPSA) is 68.3 Å². The fraction of sp³-hybridized carbons (Fsp3) is 0.529. The van der Waals surface area contributed by atoms with Gasteiger partial charge in [0.25, 0.3) is 0 Å². The average Bonchev–Trinajstić information content (AvgIpc) is 3.06. The van der Waals surface area contributed by atoms with Crippen molar-refractivity contribution in [2.45, 2.75) is 40.2 Å². The van der Waals surface area contributed by atoms with Gasteiger partial charge < -0.3 is 15.2 Å². The first-order chi connectivity index (χ1) is 10.4. The third-order valence-corrected chi connectivity index (χ3v) is 4.37. The third kappa shape index (κ3) is 3.40. The summed E-state index contributed by atoms with van der Waals surface area (Å²) in [4.78, 5) is 25.0. The first-order valence-electron chi connectivity index (χ1n) is 7.87. The van der Waals surface area contributed by atoms with Gasteiger partial charge >= 0.3 is 0 Å². The van der Waals surface area contributed by atoms with Gasteiger partial charge in [-0.25, -0.2) is 0 Å². The summed E-state index contributed by atoms with van der Waals surface area (Å²) in [7, 11) is 0. The molecule has 1 aliphatic rings. The van der Waals surface area contributed by atoms with Crippen LogP contribution in [0.15, 0.2) is 12.1 Å². The quantitative estimate of drug-likeness (QED) is 0.844. The molecule has 120 valence electrons. The van der Waals surface area contributed by atoms with E-state index < -0.39 is 0 Å². The Morgan fingerprint density at radius 1 is 1.41 bits per heavy atom. The molecule has 2 N–H and O–H groups in total. The van der Waals surface area contributed by atoms with Gasteiger partial charge in [0.15, 0.2) is 0 Å². The lowest BCUT2D eigenvalue weighted by molar-refractivity contribution is -0.125. The van der Waals surface area contributed by atoms with Gasteiger partial charge in [-0.15, -0.1) is 0 Å². The van der Waals surface area contributed by atoms with Crippen LogP contribution in [0.25, 0.3) is 6.08 Å². The van der Waals surface area contributed by atoms with Crippen molar-refractivity contribution in [3.8, 4) is 0 Å². The zero-order valence-corrected chi connectivity index (χ0v) is 13.6. The van der Waals surface area contributed by atoms with E-state index in [2.05, 4.69) is 31.4 Å². The van der Waals surface area contributed by atoms with E-state index in [0.29, 0.717) is 19.5 Å². The van der Waals surface area contributed by atoms with Crippen LogP contribution in [-0.2, 0) is 16.1 Å². The van der Waals surface area contributed by atoms with E-state index >= 15 is 0 Å². The molecule has 0 aliphatic carbocycles. The summed E-state index contributed by atoms with van der Waals surface area (Å²) in [5.41, 5.74) is 8.76. The molecule has 1 aliphatic heterocycles. The van der Waals surface area contributed by atoms with Crippen LogP contribution < -0.4 is 5.73 Å². The Balaban J connectivity index is 2.05. The SMILES string of the molecule is CCCn1c(C)cc(/C=C\C(=O)N2CC[C@@H](C(N)=O)C2)c1C. The highest BCUT2D eigenvalue weighted by molar-refractivity contribution is 5.92. The molecule has 2 rings (SSSR count). The van der Waals surface area contributed by atoms with E-state index in [4.69, 9.17) is 5.73 Å². The Morgan fingerprint density at radius 2 is 2.14 bits per heavy atom. The van der Waals surface area contributed by atoms with Crippen LogP contribution in [0.4, 0.5) is 0 Å². The second kappa shape index (κ2) is 6.81. The molecule has 0 radical (unpaired) electrons. The molecule has 5 nitrogen and oxygen atoms in total. The van der Waals surface area contributed by atoms with E-state index in [9.17, 15) is 9.59 Å². The lowest BCUT2D eigenvalue weighted by Gasteiger charge is -2.13. The van der Waals surface area contributed by atoms with Crippen LogP contribution in [0.3, 0.4) is 0 Å². The predicted octanol–water partition coefficient (Wildman–Crippen LogP) is 1.86. The highest BCUT2D eigenvalue weighted by atomic mass is 16.2. The number of likely N-dealkylation sites (tertiary alicyclic amines) is 1. The van der Waals surface area contributed by atoms with E-state index in [1.807, 2.05) is 6.08 Å². The Bertz CT molecular complexity index is 601. The number of rotatable bonds is 5. The summed E-state index contributed by atoms with van der Waals surface area (Å²) in [5.74, 6) is -0.571. The number of aromatic nitrogens is 1. The van der Waals surface area contributed by atoms with Crippen LogP contribution in [-0.4, -0.2) is 34.4 Å². The van der Waals surface area contributed by atoms with Crippen molar-refractivity contribution >= 4 is 17.9 Å². The Labute approximate surface area is 131 Å². The molecule has 0 bridgehead atoms. The minimum Gasteiger partial charge on any atom is -0.369 e. The molecule has 0 spiro atoms. The van der Waals surface area contributed by atoms with Gasteiger partial charge in [0.05, 0.1) is 5.92 Å². The Morgan fingerprint density at radius 3 is 2.73 bits per heavy atom. The normalized spacial score (nSPS) is 18.3. The minimum atomic E-state index is -0.317. The number of aryl methyl sites for hydroxylation is 1. The second-order valence-electron chi connectivity index (χ2n) is 5.98. The van der Waals surface area contributed by atoms with Gasteiger partial charge in [0, 0.05) is 37.1 Å². The highest BCUT2D eigenvalue weighted by Gasteiger charge is 2.28. The lowest BCUT2D eigenvalue weighted by atomic mass is 10.1. The number of carbonyl (C=O) groups excluding carboxylic acids is 2. The summed E-state index contributed by atoms with van der Waals surface area (Å²) < 4.78 is 2.27.